The van der Waals surface area contributed by atoms with Crippen molar-refractivity contribution in [2.75, 3.05) is 31.2 Å². The molecule has 2 saturated heterocycles. The quantitative estimate of drug-likeness (QED) is 0.172. The Morgan fingerprint density at radius 1 is 0.782 bits per heavy atom. The predicted octanol–water partition coefficient (Wildman–Crippen LogP) is 9.09. The number of imide groups is 1. The summed E-state index contributed by atoms with van der Waals surface area (Å²) in [5.74, 6) is 0.336. The van der Waals surface area contributed by atoms with E-state index in [-0.39, 0.29) is 28.9 Å². The molecule has 2 aliphatic rings. The van der Waals surface area contributed by atoms with Gasteiger partial charge >= 0.3 is 12.2 Å². The van der Waals surface area contributed by atoms with E-state index in [4.69, 9.17) is 30.2 Å². The first kappa shape index (κ1) is 40.8. The second kappa shape index (κ2) is 16.0. The number of carbonyl (C=O) groups is 2. The topological polar surface area (TPSA) is 90.4 Å². The molecule has 2 unspecified atom stereocenters. The van der Waals surface area contributed by atoms with E-state index in [9.17, 15) is 9.59 Å². The lowest BCUT2D eigenvalue weighted by atomic mass is 9.87. The molecule has 4 aromatic rings. The normalized spacial score (nSPS) is 19.0. The molecule has 9 nitrogen and oxygen atoms in total. The fourth-order valence-corrected chi connectivity index (χ4v) is 12.9. The third kappa shape index (κ3) is 9.10. The van der Waals surface area contributed by atoms with E-state index in [1.165, 1.54) is 10.4 Å². The zero-order valence-electron chi connectivity index (χ0n) is 33.7. The molecule has 11 heteroatoms. The summed E-state index contributed by atoms with van der Waals surface area (Å²) in [6, 6.07) is 27.4. The Morgan fingerprint density at radius 2 is 1.33 bits per heavy atom. The smallest absolute Gasteiger partial charge is 0.425 e. The van der Waals surface area contributed by atoms with Crippen molar-refractivity contribution in [1.29, 1.82) is 0 Å². The number of aromatic nitrogens is 1. The van der Waals surface area contributed by atoms with Crippen molar-refractivity contribution in [2.45, 2.75) is 109 Å². The summed E-state index contributed by atoms with van der Waals surface area (Å²) >= 11 is 6.97. The van der Waals surface area contributed by atoms with Crippen LogP contribution in [0, 0.1) is 0 Å². The molecule has 0 bridgehead atoms. The Labute approximate surface area is 332 Å². The van der Waals surface area contributed by atoms with Gasteiger partial charge in [0.05, 0.1) is 25.4 Å². The SMILES string of the molecule is CC(C)(C)OC(=O)N(C(=O)OC(C)(C)C)c1cc2cc(C3CCN(C4COCC4O[Si](c4ccccc4)(c4ccccc4)C(C)(C)C)CC3)c(Cl)cc2cn1. The van der Waals surface area contributed by atoms with Crippen LogP contribution in [-0.2, 0) is 18.6 Å². The average Bonchev–Trinajstić information content (AvgIpc) is 3.57. The zero-order valence-corrected chi connectivity index (χ0v) is 35.5. The molecule has 55 heavy (non-hydrogen) atoms. The lowest BCUT2D eigenvalue weighted by molar-refractivity contribution is 0.0429. The highest BCUT2D eigenvalue weighted by atomic mass is 35.5. The Kier molecular flexibility index (Phi) is 11.9. The van der Waals surface area contributed by atoms with E-state index in [0.717, 1.165) is 47.2 Å². The number of benzene rings is 3. The van der Waals surface area contributed by atoms with Crippen LogP contribution in [0.2, 0.25) is 10.1 Å². The van der Waals surface area contributed by atoms with Crippen molar-refractivity contribution in [1.82, 2.24) is 9.88 Å². The van der Waals surface area contributed by atoms with Crippen molar-refractivity contribution in [3.05, 3.63) is 95.6 Å². The number of carbonyl (C=O) groups excluding carboxylic acids is 2. The molecule has 2 aliphatic heterocycles. The molecular formula is C44H56ClN3O6Si. The van der Waals surface area contributed by atoms with Crippen molar-refractivity contribution >= 4 is 59.1 Å². The predicted molar refractivity (Wildman–Crippen MR) is 222 cm³/mol. The Balaban J connectivity index is 1.23. The molecule has 0 spiro atoms. The van der Waals surface area contributed by atoms with Gasteiger partial charge in [0.25, 0.3) is 8.32 Å². The molecule has 0 aliphatic carbocycles. The third-order valence-corrected chi connectivity index (χ3v) is 15.8. The lowest BCUT2D eigenvalue weighted by Crippen LogP contribution is -2.69. The van der Waals surface area contributed by atoms with E-state index < -0.39 is 31.7 Å². The number of pyridine rings is 1. The molecule has 3 aromatic carbocycles. The fourth-order valence-electron chi connectivity index (χ4n) is 7.92. The standard InChI is InChI=1S/C44H56ClN3O6Si/c1-42(2,3)52-40(49)48(41(50)53-43(4,5)6)39-26-31-24-35(36(45)25-32(31)27-46-39)30-20-22-47(23-21-30)37-28-51-29-38(37)54-55(44(7,8)9,33-16-12-10-13-17-33)34-18-14-11-15-19-34/h10-19,24-27,30,37-38H,20-23,28-29H2,1-9H3. The van der Waals surface area contributed by atoms with Gasteiger partial charge in [0.2, 0.25) is 0 Å². The molecule has 6 rings (SSSR count). The van der Waals surface area contributed by atoms with E-state index in [1.807, 2.05) is 6.07 Å². The molecule has 2 fully saturated rings. The number of amides is 2. The summed E-state index contributed by atoms with van der Waals surface area (Å²) in [7, 11) is -2.76. The van der Waals surface area contributed by atoms with Crippen LogP contribution < -0.4 is 15.3 Å². The molecule has 2 atom stereocenters. The number of ether oxygens (including phenoxy) is 3. The van der Waals surface area contributed by atoms with Gasteiger partial charge in [0.1, 0.15) is 17.0 Å². The molecule has 3 heterocycles. The van der Waals surface area contributed by atoms with Gasteiger partial charge in [0.15, 0.2) is 0 Å². The maximum absolute atomic E-state index is 13.3. The minimum Gasteiger partial charge on any atom is -0.443 e. The number of fused-ring (bicyclic) bond motifs is 1. The Bertz CT molecular complexity index is 1900. The van der Waals surface area contributed by atoms with Crippen molar-refractivity contribution in [3.8, 4) is 0 Å². The van der Waals surface area contributed by atoms with Crippen LogP contribution in [0.1, 0.15) is 86.6 Å². The van der Waals surface area contributed by atoms with Crippen molar-refractivity contribution < 1.29 is 28.2 Å². The number of nitrogens with zero attached hydrogens (tertiary/aromatic N) is 3. The van der Waals surface area contributed by atoms with Crippen molar-refractivity contribution in [2.24, 2.45) is 0 Å². The molecular weight excluding hydrogens is 730 g/mol. The average molecular weight is 786 g/mol. The Hall–Kier alpha value is -3.80. The minimum atomic E-state index is -2.76. The van der Waals surface area contributed by atoms with E-state index in [0.29, 0.717) is 18.2 Å². The first-order valence-electron chi connectivity index (χ1n) is 19.3. The van der Waals surface area contributed by atoms with Gasteiger partial charge < -0.3 is 18.6 Å². The van der Waals surface area contributed by atoms with E-state index in [2.05, 4.69) is 97.4 Å². The number of hydrogen-bond donors (Lipinski definition) is 0. The van der Waals surface area contributed by atoms with Crippen LogP contribution in [0.4, 0.5) is 15.4 Å². The summed E-state index contributed by atoms with van der Waals surface area (Å²) in [5, 5.41) is 4.69. The van der Waals surface area contributed by atoms with E-state index >= 15 is 0 Å². The van der Waals surface area contributed by atoms with Crippen LogP contribution in [0.25, 0.3) is 10.8 Å². The van der Waals surface area contributed by atoms with Crippen LogP contribution in [0.15, 0.2) is 85.1 Å². The molecule has 0 radical (unpaired) electrons. The number of likely N-dealkylation sites (tertiary alicyclic amines) is 1. The summed E-state index contributed by atoms with van der Waals surface area (Å²) < 4.78 is 25.0. The van der Waals surface area contributed by atoms with Gasteiger partial charge in [-0.05, 0) is 118 Å². The fraction of sp³-hybridized carbons (Fsp3) is 0.477. The summed E-state index contributed by atoms with van der Waals surface area (Å²) in [5.41, 5.74) is -0.626. The largest absolute Gasteiger partial charge is 0.443 e. The molecule has 2 amide bonds. The first-order valence-corrected chi connectivity index (χ1v) is 21.6. The number of piperidine rings is 1. The zero-order chi connectivity index (χ0) is 39.8. The monoisotopic (exact) mass is 785 g/mol. The second-order valence-electron chi connectivity index (χ2n) is 17.8. The minimum absolute atomic E-state index is 0.0732. The second-order valence-corrected chi connectivity index (χ2v) is 22.5. The molecule has 294 valence electrons. The lowest BCUT2D eigenvalue weighted by Gasteiger charge is -2.46. The van der Waals surface area contributed by atoms with Gasteiger partial charge in [-0.1, -0.05) is 93.0 Å². The third-order valence-electron chi connectivity index (χ3n) is 10.4. The molecule has 0 N–H and O–H groups in total. The van der Waals surface area contributed by atoms with Crippen LogP contribution in [0.5, 0.6) is 0 Å². The maximum Gasteiger partial charge on any atom is 0.425 e. The Morgan fingerprint density at radius 3 is 1.84 bits per heavy atom. The van der Waals surface area contributed by atoms with E-state index in [1.54, 1.807) is 53.8 Å². The number of halogens is 1. The molecule has 1 aromatic heterocycles. The maximum atomic E-state index is 13.3. The highest BCUT2D eigenvalue weighted by Crippen LogP contribution is 2.41. The van der Waals surface area contributed by atoms with Gasteiger partial charge in [-0.3, -0.25) is 4.90 Å². The van der Waals surface area contributed by atoms with Crippen LogP contribution >= 0.6 is 11.6 Å². The summed E-state index contributed by atoms with van der Waals surface area (Å²) in [6.07, 6.45) is 1.65. The van der Waals surface area contributed by atoms with Crippen LogP contribution in [0.3, 0.4) is 0 Å². The number of anilines is 1. The van der Waals surface area contributed by atoms with Gasteiger partial charge in [-0.15, -0.1) is 0 Å². The first-order chi connectivity index (χ1) is 25.9. The summed E-state index contributed by atoms with van der Waals surface area (Å²) in [6.45, 7) is 20.4. The highest BCUT2D eigenvalue weighted by molar-refractivity contribution is 6.99. The van der Waals surface area contributed by atoms with Crippen LogP contribution in [-0.4, -0.2) is 80.0 Å². The van der Waals surface area contributed by atoms with Gasteiger partial charge in [-0.2, -0.15) is 4.90 Å². The van der Waals surface area contributed by atoms with Gasteiger partial charge in [-0.25, -0.2) is 14.6 Å². The van der Waals surface area contributed by atoms with Crippen molar-refractivity contribution in [3.63, 3.8) is 0 Å². The number of hydrogen-bond acceptors (Lipinski definition) is 8. The number of rotatable bonds is 7. The van der Waals surface area contributed by atoms with Gasteiger partial charge in [0, 0.05) is 16.6 Å². The molecule has 0 saturated carbocycles. The summed E-state index contributed by atoms with van der Waals surface area (Å²) in [4.78, 5) is 34.6. The highest BCUT2D eigenvalue weighted by Gasteiger charge is 2.53.